The van der Waals surface area contributed by atoms with Gasteiger partial charge in [-0.1, -0.05) is 25.1 Å². The third kappa shape index (κ3) is 3.23. The Morgan fingerprint density at radius 2 is 2.11 bits per heavy atom. The largest absolute Gasteiger partial charge is 0.496 e. The second-order valence-electron chi connectivity index (χ2n) is 4.61. The van der Waals surface area contributed by atoms with Crippen LogP contribution in [-0.2, 0) is 11.3 Å². The zero-order valence-electron chi connectivity index (χ0n) is 11.3. The number of nitrogens with one attached hydrogen (secondary N) is 1. The van der Waals surface area contributed by atoms with E-state index in [1.54, 1.807) is 7.11 Å². The third-order valence-electron chi connectivity index (χ3n) is 3.41. The van der Waals surface area contributed by atoms with E-state index in [2.05, 4.69) is 5.32 Å². The molecule has 0 radical (unpaired) electrons. The topological polar surface area (TPSA) is 64.4 Å². The van der Waals surface area contributed by atoms with Crippen molar-refractivity contribution in [2.45, 2.75) is 26.8 Å². The lowest BCUT2D eigenvalue weighted by Crippen LogP contribution is -2.43. The molecule has 0 aliphatic heterocycles. The summed E-state index contributed by atoms with van der Waals surface area (Å²) in [6, 6.07) is 7.64. The van der Waals surface area contributed by atoms with Crippen molar-refractivity contribution >= 4 is 5.91 Å². The van der Waals surface area contributed by atoms with Gasteiger partial charge in [-0.25, -0.2) is 0 Å². The van der Waals surface area contributed by atoms with Gasteiger partial charge in [0.1, 0.15) is 5.75 Å². The molecular weight excluding hydrogens is 228 g/mol. The molecule has 1 unspecified atom stereocenters. The molecule has 3 N–H and O–H groups in total. The maximum atomic E-state index is 12.1. The Hall–Kier alpha value is -1.55. The zero-order chi connectivity index (χ0) is 13.6. The summed E-state index contributed by atoms with van der Waals surface area (Å²) < 4.78 is 5.24. The Labute approximate surface area is 109 Å². The molecular formula is C14H22N2O2. The Balaban J connectivity index is 2.68. The molecule has 0 saturated carbocycles. The predicted octanol–water partition coefficient (Wildman–Crippen LogP) is 1.69. The lowest BCUT2D eigenvalue weighted by Gasteiger charge is -2.25. The number of carbonyl (C=O) groups is 1. The van der Waals surface area contributed by atoms with E-state index >= 15 is 0 Å². The van der Waals surface area contributed by atoms with Gasteiger partial charge in [0.25, 0.3) is 0 Å². The Morgan fingerprint density at radius 1 is 1.44 bits per heavy atom. The molecule has 0 spiro atoms. The molecule has 1 atom stereocenters. The first-order chi connectivity index (χ1) is 8.57. The highest BCUT2D eigenvalue weighted by Crippen LogP contribution is 2.21. The van der Waals surface area contributed by atoms with Gasteiger partial charge in [0.15, 0.2) is 0 Å². The van der Waals surface area contributed by atoms with E-state index in [9.17, 15) is 4.79 Å². The van der Waals surface area contributed by atoms with Crippen LogP contribution in [0, 0.1) is 5.41 Å². The maximum Gasteiger partial charge on any atom is 0.227 e. The third-order valence-corrected chi connectivity index (χ3v) is 3.41. The average Bonchev–Trinajstić information content (AvgIpc) is 2.43. The van der Waals surface area contributed by atoms with Crippen molar-refractivity contribution in [2.24, 2.45) is 11.1 Å². The van der Waals surface area contributed by atoms with Crippen molar-refractivity contribution in [2.75, 3.05) is 13.7 Å². The van der Waals surface area contributed by atoms with Crippen molar-refractivity contribution in [3.8, 4) is 5.75 Å². The van der Waals surface area contributed by atoms with Gasteiger partial charge in [-0.15, -0.1) is 0 Å². The van der Waals surface area contributed by atoms with Gasteiger partial charge in [-0.05, 0) is 19.4 Å². The van der Waals surface area contributed by atoms with Crippen LogP contribution in [0.2, 0.25) is 0 Å². The normalized spacial score (nSPS) is 13.8. The Morgan fingerprint density at radius 3 is 2.67 bits per heavy atom. The molecule has 100 valence electrons. The van der Waals surface area contributed by atoms with Crippen LogP contribution in [0.4, 0.5) is 0 Å². The Bertz CT molecular complexity index is 401. The summed E-state index contributed by atoms with van der Waals surface area (Å²) in [7, 11) is 1.62. The highest BCUT2D eigenvalue weighted by Gasteiger charge is 2.29. The minimum absolute atomic E-state index is 0.0154. The number of nitrogens with two attached hydrogens (primary N) is 1. The second-order valence-corrected chi connectivity index (χ2v) is 4.61. The first kappa shape index (κ1) is 14.5. The van der Waals surface area contributed by atoms with Gasteiger partial charge in [0.05, 0.1) is 12.5 Å². The number of hydrogen-bond donors (Lipinski definition) is 2. The fourth-order valence-electron chi connectivity index (χ4n) is 1.64. The molecule has 0 fully saturated rings. The van der Waals surface area contributed by atoms with Crippen LogP contribution in [0.25, 0.3) is 0 Å². The summed E-state index contributed by atoms with van der Waals surface area (Å²) >= 11 is 0. The van der Waals surface area contributed by atoms with Crippen LogP contribution < -0.4 is 15.8 Å². The quantitative estimate of drug-likeness (QED) is 0.807. The highest BCUT2D eigenvalue weighted by atomic mass is 16.5. The molecule has 0 heterocycles. The van der Waals surface area contributed by atoms with Gasteiger partial charge >= 0.3 is 0 Å². The van der Waals surface area contributed by atoms with Crippen LogP contribution in [0.5, 0.6) is 5.75 Å². The standard InChI is InChI=1S/C14H22N2O2/c1-4-14(2,10-15)13(17)16-9-11-7-5-6-8-12(11)18-3/h5-8H,4,9-10,15H2,1-3H3,(H,16,17). The highest BCUT2D eigenvalue weighted by molar-refractivity contribution is 5.82. The number of ether oxygens (including phenoxy) is 1. The van der Waals surface area contributed by atoms with Crippen molar-refractivity contribution in [1.29, 1.82) is 0 Å². The fourth-order valence-corrected chi connectivity index (χ4v) is 1.64. The van der Waals surface area contributed by atoms with Crippen molar-refractivity contribution < 1.29 is 9.53 Å². The molecule has 0 bridgehead atoms. The fraction of sp³-hybridized carbons (Fsp3) is 0.500. The predicted molar refractivity (Wildman–Crippen MR) is 72.3 cm³/mol. The number of rotatable bonds is 6. The number of hydrogen-bond acceptors (Lipinski definition) is 3. The summed E-state index contributed by atoms with van der Waals surface area (Å²) in [6.45, 7) is 4.65. The summed E-state index contributed by atoms with van der Waals surface area (Å²) in [6.07, 6.45) is 0.723. The smallest absolute Gasteiger partial charge is 0.227 e. The molecule has 1 amide bonds. The molecule has 0 aliphatic rings. The van der Waals surface area contributed by atoms with E-state index in [0.717, 1.165) is 17.7 Å². The van der Waals surface area contributed by atoms with Crippen LogP contribution in [0.3, 0.4) is 0 Å². The minimum atomic E-state index is -0.498. The number of para-hydroxylation sites is 1. The summed E-state index contributed by atoms with van der Waals surface area (Å²) in [5, 5.41) is 2.92. The summed E-state index contributed by atoms with van der Waals surface area (Å²) in [5.74, 6) is 0.766. The van der Waals surface area contributed by atoms with E-state index in [1.807, 2.05) is 38.1 Å². The van der Waals surface area contributed by atoms with E-state index in [-0.39, 0.29) is 5.91 Å². The summed E-state index contributed by atoms with van der Waals surface area (Å²) in [5.41, 5.74) is 6.12. The monoisotopic (exact) mass is 250 g/mol. The minimum Gasteiger partial charge on any atom is -0.496 e. The van der Waals surface area contributed by atoms with Gasteiger partial charge in [-0.3, -0.25) is 4.79 Å². The van der Waals surface area contributed by atoms with E-state index in [0.29, 0.717) is 13.1 Å². The molecule has 1 aromatic rings. The molecule has 0 aliphatic carbocycles. The molecule has 0 aromatic heterocycles. The maximum absolute atomic E-state index is 12.1. The van der Waals surface area contributed by atoms with Crippen LogP contribution in [0.1, 0.15) is 25.8 Å². The Kier molecular flexibility index (Phi) is 5.16. The number of methoxy groups -OCH3 is 1. The van der Waals surface area contributed by atoms with E-state index in [4.69, 9.17) is 10.5 Å². The van der Waals surface area contributed by atoms with Crippen molar-refractivity contribution in [1.82, 2.24) is 5.32 Å². The molecule has 4 heteroatoms. The second kappa shape index (κ2) is 6.40. The van der Waals surface area contributed by atoms with Crippen LogP contribution in [-0.4, -0.2) is 19.6 Å². The lowest BCUT2D eigenvalue weighted by molar-refractivity contribution is -0.130. The van der Waals surface area contributed by atoms with Gasteiger partial charge in [0.2, 0.25) is 5.91 Å². The first-order valence-electron chi connectivity index (χ1n) is 6.17. The van der Waals surface area contributed by atoms with E-state index < -0.39 is 5.41 Å². The molecule has 1 aromatic carbocycles. The van der Waals surface area contributed by atoms with E-state index in [1.165, 1.54) is 0 Å². The van der Waals surface area contributed by atoms with Crippen molar-refractivity contribution in [3.05, 3.63) is 29.8 Å². The average molecular weight is 250 g/mol. The zero-order valence-corrected chi connectivity index (χ0v) is 11.3. The number of carbonyl (C=O) groups excluding carboxylic acids is 1. The summed E-state index contributed by atoms with van der Waals surface area (Å²) in [4.78, 5) is 12.1. The molecule has 0 saturated heterocycles. The van der Waals surface area contributed by atoms with Gasteiger partial charge in [-0.2, -0.15) is 0 Å². The number of benzene rings is 1. The van der Waals surface area contributed by atoms with Crippen molar-refractivity contribution in [3.63, 3.8) is 0 Å². The van der Waals surface area contributed by atoms with Gasteiger partial charge in [0, 0.05) is 18.7 Å². The van der Waals surface area contributed by atoms with Gasteiger partial charge < -0.3 is 15.8 Å². The lowest BCUT2D eigenvalue weighted by atomic mass is 9.86. The molecule has 18 heavy (non-hydrogen) atoms. The SMILES string of the molecule is CCC(C)(CN)C(=O)NCc1ccccc1OC. The van der Waals surface area contributed by atoms with Crippen LogP contribution >= 0.6 is 0 Å². The first-order valence-corrected chi connectivity index (χ1v) is 6.17. The molecule has 1 rings (SSSR count). The number of amides is 1. The molecule has 4 nitrogen and oxygen atoms in total. The van der Waals surface area contributed by atoms with Crippen LogP contribution in [0.15, 0.2) is 24.3 Å².